The summed E-state index contributed by atoms with van der Waals surface area (Å²) in [4.78, 5) is 7.10. The van der Waals surface area contributed by atoms with Gasteiger partial charge in [0.25, 0.3) is 0 Å². The highest BCUT2D eigenvalue weighted by Gasteiger charge is 2.29. The number of hydrogen-bond donors (Lipinski definition) is 2. The third kappa shape index (κ3) is 7.95. The normalized spacial score (nSPS) is 18.5. The maximum Gasteiger partial charge on any atom is 0.213 e. The number of hydrogen-bond acceptors (Lipinski definition) is 8. The number of aliphatic hydroxyl groups is 1. The van der Waals surface area contributed by atoms with Crippen molar-refractivity contribution in [2.45, 2.75) is 63.5 Å². The molecule has 214 valence electrons. The molecule has 1 aliphatic carbocycles. The highest BCUT2D eigenvalue weighted by molar-refractivity contribution is 8.07. The van der Waals surface area contributed by atoms with Crippen molar-refractivity contribution < 1.29 is 18.3 Å². The Labute approximate surface area is 242 Å². The first-order valence-electron chi connectivity index (χ1n) is 13.7. The second-order valence-corrected chi connectivity index (χ2v) is 13.4. The first-order chi connectivity index (χ1) is 19.2. The van der Waals surface area contributed by atoms with Crippen molar-refractivity contribution in [3.63, 3.8) is 0 Å². The third-order valence-electron chi connectivity index (χ3n) is 7.22. The Balaban J connectivity index is 1.44. The van der Waals surface area contributed by atoms with Crippen LogP contribution in [0.3, 0.4) is 0 Å². The van der Waals surface area contributed by atoms with Crippen molar-refractivity contribution in [2.75, 3.05) is 25.4 Å². The summed E-state index contributed by atoms with van der Waals surface area (Å²) in [5, 5.41) is 19.3. The van der Waals surface area contributed by atoms with E-state index in [1.165, 1.54) is 0 Å². The first kappa shape index (κ1) is 30.3. The Morgan fingerprint density at radius 1 is 1.30 bits per heavy atom. The maximum atomic E-state index is 13.0. The van der Waals surface area contributed by atoms with Gasteiger partial charge >= 0.3 is 0 Å². The summed E-state index contributed by atoms with van der Waals surface area (Å²) in [7, 11) is -3.47. The monoisotopic (exact) mass is 582 g/mol. The second-order valence-electron chi connectivity index (χ2n) is 10.5. The van der Waals surface area contributed by atoms with Crippen molar-refractivity contribution in [2.24, 2.45) is 4.99 Å². The summed E-state index contributed by atoms with van der Waals surface area (Å²) < 4.78 is 34.6. The summed E-state index contributed by atoms with van der Waals surface area (Å²) in [6.45, 7) is 9.44. The van der Waals surface area contributed by atoms with Crippen molar-refractivity contribution in [3.8, 4) is 11.8 Å². The maximum absolute atomic E-state index is 13.0. The zero-order valence-corrected chi connectivity index (χ0v) is 24.8. The van der Waals surface area contributed by atoms with Crippen LogP contribution >= 0.6 is 11.8 Å². The Morgan fingerprint density at radius 3 is 2.77 bits per heavy atom. The van der Waals surface area contributed by atoms with Gasteiger partial charge in [-0.1, -0.05) is 24.3 Å². The molecule has 2 N–H and O–H groups in total. The molecule has 2 aliphatic rings. The SMILES string of the molecule is C=N/C=C(\SCc1ccc(OC(C)C)c(C#N)c1)c1cccc2c1CCC2NS(=O)(=O)CCN1CCC(O)CC1. The van der Waals surface area contributed by atoms with E-state index in [0.29, 0.717) is 42.9 Å². The van der Waals surface area contributed by atoms with E-state index in [0.717, 1.165) is 46.7 Å². The van der Waals surface area contributed by atoms with Gasteiger partial charge < -0.3 is 14.7 Å². The number of ether oxygens (including phenoxy) is 1. The number of piperidine rings is 1. The molecule has 0 amide bonds. The lowest BCUT2D eigenvalue weighted by Crippen LogP contribution is -2.40. The molecule has 2 aromatic rings. The number of nitriles is 1. The Bertz CT molecular complexity index is 1380. The van der Waals surface area contributed by atoms with E-state index in [2.05, 4.69) is 27.4 Å². The smallest absolute Gasteiger partial charge is 0.213 e. The Hall–Kier alpha value is -2.68. The first-order valence-corrected chi connectivity index (χ1v) is 16.3. The number of nitrogens with one attached hydrogen (secondary N) is 1. The van der Waals surface area contributed by atoms with Crippen LogP contribution in [0.1, 0.15) is 67.0 Å². The molecule has 4 rings (SSSR count). The molecule has 1 heterocycles. The summed E-state index contributed by atoms with van der Waals surface area (Å²) in [5.41, 5.74) is 4.66. The summed E-state index contributed by atoms with van der Waals surface area (Å²) in [6.07, 6.45) is 4.30. The second kappa shape index (κ2) is 13.8. The van der Waals surface area contributed by atoms with Crippen molar-refractivity contribution in [1.82, 2.24) is 9.62 Å². The minimum Gasteiger partial charge on any atom is -0.490 e. The number of rotatable bonds is 12. The molecule has 1 aliphatic heterocycles. The average molecular weight is 583 g/mol. The molecule has 0 aromatic heterocycles. The minimum absolute atomic E-state index is 0.0151. The van der Waals surface area contributed by atoms with Gasteiger partial charge in [0.05, 0.1) is 23.5 Å². The Morgan fingerprint density at radius 2 is 2.08 bits per heavy atom. The number of nitrogens with zero attached hydrogens (tertiary/aromatic N) is 3. The van der Waals surface area contributed by atoms with Gasteiger partial charge in [0.15, 0.2) is 0 Å². The van der Waals surface area contributed by atoms with E-state index >= 15 is 0 Å². The molecule has 10 heteroatoms. The van der Waals surface area contributed by atoms with Gasteiger partial charge in [-0.15, -0.1) is 11.8 Å². The minimum atomic E-state index is -3.47. The van der Waals surface area contributed by atoms with Crippen molar-refractivity contribution in [1.29, 1.82) is 5.26 Å². The van der Waals surface area contributed by atoms with Crippen LogP contribution in [0.15, 0.2) is 47.6 Å². The molecule has 1 fully saturated rings. The number of sulfonamides is 1. The van der Waals surface area contributed by atoms with E-state index in [4.69, 9.17) is 4.74 Å². The lowest BCUT2D eigenvalue weighted by atomic mass is 10.0. The fourth-order valence-electron chi connectivity index (χ4n) is 5.22. The van der Waals surface area contributed by atoms with E-state index in [9.17, 15) is 18.8 Å². The molecule has 40 heavy (non-hydrogen) atoms. The van der Waals surface area contributed by atoms with Crippen LogP contribution in [0.2, 0.25) is 0 Å². The molecule has 8 nitrogen and oxygen atoms in total. The summed E-state index contributed by atoms with van der Waals surface area (Å²) in [5.74, 6) is 1.26. The largest absolute Gasteiger partial charge is 0.490 e. The van der Waals surface area contributed by atoms with Crippen LogP contribution in [0.4, 0.5) is 0 Å². The van der Waals surface area contributed by atoms with Gasteiger partial charge in [0.1, 0.15) is 11.8 Å². The van der Waals surface area contributed by atoms with Crippen LogP contribution in [0.25, 0.3) is 4.91 Å². The van der Waals surface area contributed by atoms with Crippen molar-refractivity contribution in [3.05, 3.63) is 70.4 Å². The highest BCUT2D eigenvalue weighted by Crippen LogP contribution is 2.40. The molecule has 2 aromatic carbocycles. The van der Waals surface area contributed by atoms with Crippen LogP contribution in [-0.2, 0) is 22.2 Å². The quantitative estimate of drug-likeness (QED) is 0.350. The molecule has 0 spiro atoms. The average Bonchev–Trinajstić information content (AvgIpc) is 3.33. The van der Waals surface area contributed by atoms with Crippen LogP contribution in [0.5, 0.6) is 5.75 Å². The Kier molecular flexibility index (Phi) is 10.4. The standard InChI is InChI=1S/C30H38N4O4S2/c1-21(2)38-29-10-7-22(17-23(29)18-31)20-39-30(19-32-3)27-6-4-5-26-25(27)8-9-28(26)33-40(36,37)16-15-34-13-11-24(35)12-14-34/h4-7,10,17,19,21,24,28,33,35H,3,8-9,11-16,20H2,1-2H3/b30-19-. The number of fused-ring (bicyclic) bond motifs is 1. The number of aliphatic imine (C=N–C) groups is 1. The van der Waals surface area contributed by atoms with Crippen LogP contribution < -0.4 is 9.46 Å². The fourth-order valence-corrected chi connectivity index (χ4v) is 7.51. The van der Waals surface area contributed by atoms with E-state index in [1.807, 2.05) is 50.2 Å². The highest BCUT2D eigenvalue weighted by atomic mass is 32.2. The molecular weight excluding hydrogens is 544 g/mol. The zero-order valence-electron chi connectivity index (χ0n) is 23.2. The van der Waals surface area contributed by atoms with Gasteiger partial charge in [-0.2, -0.15) is 5.26 Å². The van der Waals surface area contributed by atoms with E-state index < -0.39 is 10.0 Å². The number of likely N-dealkylation sites (tertiary alicyclic amines) is 1. The zero-order chi connectivity index (χ0) is 28.7. The van der Waals surface area contributed by atoms with E-state index in [1.54, 1.807) is 18.0 Å². The van der Waals surface area contributed by atoms with Crippen LogP contribution in [0, 0.1) is 11.3 Å². The molecule has 1 saturated heterocycles. The van der Waals surface area contributed by atoms with Gasteiger partial charge in [0.2, 0.25) is 10.0 Å². The summed E-state index contributed by atoms with van der Waals surface area (Å²) >= 11 is 1.61. The topological polar surface area (TPSA) is 115 Å². The lowest BCUT2D eigenvalue weighted by Gasteiger charge is -2.29. The van der Waals surface area contributed by atoms with Gasteiger partial charge in [0, 0.05) is 42.5 Å². The van der Waals surface area contributed by atoms with Gasteiger partial charge in [-0.05, 0) is 80.6 Å². The summed E-state index contributed by atoms with van der Waals surface area (Å²) in [6, 6.07) is 13.6. The fraction of sp³-hybridized carbons (Fsp3) is 0.467. The number of benzene rings is 2. The predicted octanol–water partition coefficient (Wildman–Crippen LogP) is 4.64. The van der Waals surface area contributed by atoms with Gasteiger partial charge in [-0.3, -0.25) is 4.99 Å². The molecular formula is C30H38N4O4S2. The molecule has 1 atom stereocenters. The number of aliphatic hydroxyl groups excluding tert-OH is 1. The third-order valence-corrected chi connectivity index (χ3v) is 9.70. The lowest BCUT2D eigenvalue weighted by molar-refractivity contribution is 0.0855. The predicted molar refractivity (Wildman–Crippen MR) is 162 cm³/mol. The molecule has 0 bridgehead atoms. The molecule has 0 saturated carbocycles. The van der Waals surface area contributed by atoms with E-state index in [-0.39, 0.29) is 24.0 Å². The van der Waals surface area contributed by atoms with Gasteiger partial charge in [-0.25, -0.2) is 13.1 Å². The van der Waals surface area contributed by atoms with Crippen molar-refractivity contribution >= 4 is 33.4 Å². The molecule has 0 radical (unpaired) electrons. The molecule has 1 unspecified atom stereocenters. The number of thioether (sulfide) groups is 1. The van der Waals surface area contributed by atoms with Crippen LogP contribution in [-0.4, -0.2) is 62.7 Å².